The van der Waals surface area contributed by atoms with Crippen LogP contribution >= 0.6 is 23.2 Å². The first-order valence-corrected chi connectivity index (χ1v) is 12.3. The summed E-state index contributed by atoms with van der Waals surface area (Å²) in [7, 11) is 0. The average Bonchev–Trinajstić information content (AvgIpc) is 3.38. The zero-order valence-electron chi connectivity index (χ0n) is 19.1. The summed E-state index contributed by atoms with van der Waals surface area (Å²) in [6.45, 7) is 5.01. The van der Waals surface area contributed by atoms with E-state index in [0.717, 1.165) is 41.9 Å². The predicted molar refractivity (Wildman–Crippen MR) is 135 cm³/mol. The number of likely N-dealkylation sites (tertiary alicyclic amines) is 1. The maximum Gasteiger partial charge on any atom is 0.256 e. The Labute approximate surface area is 212 Å². The third-order valence-corrected chi connectivity index (χ3v) is 7.58. The zero-order chi connectivity index (χ0) is 24.1. The molecule has 2 unspecified atom stereocenters. The third kappa shape index (κ3) is 4.10. The summed E-state index contributed by atoms with van der Waals surface area (Å²) in [6, 6.07) is 9.28. The van der Waals surface area contributed by atoms with Crippen molar-refractivity contribution in [3.05, 3.63) is 70.1 Å². The van der Waals surface area contributed by atoms with Crippen LogP contribution in [-0.2, 0) is 0 Å². The first-order chi connectivity index (χ1) is 17.0. The lowest BCUT2D eigenvalue weighted by atomic mass is 9.84. The molecule has 2 fully saturated rings. The summed E-state index contributed by atoms with van der Waals surface area (Å²) in [4.78, 5) is 28.9. The number of halogens is 2. The molecule has 10 heteroatoms. The number of aromatic nitrogens is 5. The minimum atomic E-state index is 0.0376. The monoisotopic (exact) mass is 507 g/mol. The second-order valence-corrected chi connectivity index (χ2v) is 10.2. The number of fused-ring (bicyclic) bond motifs is 3. The molecule has 2 aliphatic heterocycles. The van der Waals surface area contributed by atoms with E-state index in [9.17, 15) is 4.79 Å². The van der Waals surface area contributed by atoms with Crippen LogP contribution in [0.5, 0.6) is 0 Å². The molecule has 6 rings (SSSR count). The molecule has 0 radical (unpaired) electrons. The normalized spacial score (nSPS) is 19.9. The minimum Gasteiger partial charge on any atom is -0.355 e. The molecule has 2 aliphatic rings. The Morgan fingerprint density at radius 2 is 1.66 bits per heavy atom. The van der Waals surface area contributed by atoms with Crippen LogP contribution in [0.4, 0.5) is 5.82 Å². The lowest BCUT2D eigenvalue weighted by Gasteiger charge is -2.46. The molecule has 0 saturated carbocycles. The van der Waals surface area contributed by atoms with Crippen molar-refractivity contribution in [2.45, 2.75) is 13.3 Å². The highest BCUT2D eigenvalue weighted by atomic mass is 35.5. The van der Waals surface area contributed by atoms with Crippen LogP contribution in [0.25, 0.3) is 16.7 Å². The number of aryl methyl sites for hydroxylation is 1. The molecule has 2 aromatic heterocycles. The third-order valence-electron chi connectivity index (χ3n) is 6.86. The first kappa shape index (κ1) is 22.2. The van der Waals surface area contributed by atoms with Gasteiger partial charge in [-0.25, -0.2) is 4.98 Å². The van der Waals surface area contributed by atoms with E-state index in [1.807, 2.05) is 30.0 Å². The number of piperidine rings is 2. The number of hydrogen-bond acceptors (Lipinski definition) is 6. The number of hydrogen-bond donors (Lipinski definition) is 0. The van der Waals surface area contributed by atoms with Gasteiger partial charge in [-0.1, -0.05) is 35.3 Å². The molecule has 0 aliphatic carbocycles. The van der Waals surface area contributed by atoms with Gasteiger partial charge < -0.3 is 9.80 Å². The van der Waals surface area contributed by atoms with Gasteiger partial charge in [-0.2, -0.15) is 15.0 Å². The fourth-order valence-corrected chi connectivity index (χ4v) is 5.70. The standard InChI is InChI=1S/C25H23Cl2N7O/c1-15-3-2-4-22(34-29-5-6-30-34)24(15)25(35)33-13-16-7-17(14-33)12-32(11-16)23-10-28-20-8-18(26)19(27)9-21(20)31-23/h2-6,8-10,16-17H,7,11-14H2,1H3. The number of amides is 1. The smallest absolute Gasteiger partial charge is 0.256 e. The average molecular weight is 508 g/mol. The number of benzene rings is 2. The van der Waals surface area contributed by atoms with Crippen LogP contribution in [0, 0.1) is 18.8 Å². The van der Waals surface area contributed by atoms with Gasteiger partial charge in [0.25, 0.3) is 5.91 Å². The van der Waals surface area contributed by atoms with Crippen molar-refractivity contribution in [3.8, 4) is 5.69 Å². The van der Waals surface area contributed by atoms with Gasteiger partial charge in [-0.15, -0.1) is 0 Å². The highest BCUT2D eigenvalue weighted by molar-refractivity contribution is 6.42. The molecule has 4 aromatic rings. The maximum absolute atomic E-state index is 13.7. The van der Waals surface area contributed by atoms with Crippen LogP contribution < -0.4 is 4.90 Å². The molecule has 2 aromatic carbocycles. The van der Waals surface area contributed by atoms with Gasteiger partial charge in [0.15, 0.2) is 0 Å². The first-order valence-electron chi connectivity index (χ1n) is 11.6. The largest absolute Gasteiger partial charge is 0.355 e. The van der Waals surface area contributed by atoms with Crippen molar-refractivity contribution in [1.29, 1.82) is 0 Å². The Morgan fingerprint density at radius 1 is 0.971 bits per heavy atom. The fourth-order valence-electron chi connectivity index (χ4n) is 5.38. The van der Waals surface area contributed by atoms with Crippen molar-refractivity contribution < 1.29 is 4.79 Å². The molecular formula is C25H23Cl2N7O. The molecule has 35 heavy (non-hydrogen) atoms. The van der Waals surface area contributed by atoms with E-state index >= 15 is 0 Å². The summed E-state index contributed by atoms with van der Waals surface area (Å²) >= 11 is 12.3. The van der Waals surface area contributed by atoms with Gasteiger partial charge >= 0.3 is 0 Å². The van der Waals surface area contributed by atoms with E-state index in [-0.39, 0.29) is 5.91 Å². The van der Waals surface area contributed by atoms with Crippen molar-refractivity contribution >= 4 is 46.0 Å². The number of anilines is 1. The Bertz CT molecular complexity index is 1410. The number of nitrogens with zero attached hydrogens (tertiary/aromatic N) is 7. The quantitative estimate of drug-likeness (QED) is 0.408. The van der Waals surface area contributed by atoms with Gasteiger partial charge in [0, 0.05) is 26.2 Å². The molecule has 4 heterocycles. The molecule has 0 N–H and O–H groups in total. The van der Waals surface area contributed by atoms with Gasteiger partial charge in [0.2, 0.25) is 0 Å². The predicted octanol–water partition coefficient (Wildman–Crippen LogP) is 4.42. The molecule has 2 saturated heterocycles. The van der Waals surface area contributed by atoms with E-state index in [0.29, 0.717) is 46.2 Å². The van der Waals surface area contributed by atoms with E-state index in [4.69, 9.17) is 28.2 Å². The molecule has 0 spiro atoms. The lowest BCUT2D eigenvalue weighted by molar-refractivity contribution is 0.0563. The Kier molecular flexibility index (Phi) is 5.57. The highest BCUT2D eigenvalue weighted by Crippen LogP contribution is 2.33. The van der Waals surface area contributed by atoms with Crippen LogP contribution in [0.1, 0.15) is 22.3 Å². The van der Waals surface area contributed by atoms with Crippen LogP contribution in [-0.4, -0.2) is 61.9 Å². The summed E-state index contributed by atoms with van der Waals surface area (Å²) in [5, 5.41) is 9.44. The molecule has 8 nitrogen and oxygen atoms in total. The van der Waals surface area contributed by atoms with Gasteiger partial charge in [-0.3, -0.25) is 9.78 Å². The lowest BCUT2D eigenvalue weighted by Crippen LogP contribution is -2.54. The zero-order valence-corrected chi connectivity index (χ0v) is 20.6. The second-order valence-electron chi connectivity index (χ2n) is 9.35. The van der Waals surface area contributed by atoms with Crippen LogP contribution in [0.3, 0.4) is 0 Å². The van der Waals surface area contributed by atoms with Gasteiger partial charge in [0.1, 0.15) is 5.82 Å². The highest BCUT2D eigenvalue weighted by Gasteiger charge is 2.37. The van der Waals surface area contributed by atoms with Crippen LogP contribution in [0.15, 0.2) is 48.9 Å². The molecule has 178 valence electrons. The SMILES string of the molecule is Cc1cccc(-n2nccn2)c1C(=O)N1CC2CC(C1)CN(c1cnc3cc(Cl)c(Cl)cc3n1)C2. The number of carbonyl (C=O) groups excluding carboxylic acids is 1. The minimum absolute atomic E-state index is 0.0376. The second kappa shape index (κ2) is 8.77. The van der Waals surface area contributed by atoms with Crippen molar-refractivity contribution in [3.63, 3.8) is 0 Å². The van der Waals surface area contributed by atoms with Crippen molar-refractivity contribution in [2.24, 2.45) is 11.8 Å². The molecule has 1 amide bonds. The number of carbonyl (C=O) groups is 1. The Hall–Kier alpha value is -3.23. The van der Waals surface area contributed by atoms with Crippen molar-refractivity contribution in [1.82, 2.24) is 29.9 Å². The van der Waals surface area contributed by atoms with Crippen LogP contribution in [0.2, 0.25) is 10.0 Å². The van der Waals surface area contributed by atoms with Gasteiger partial charge in [0.05, 0.1) is 50.9 Å². The number of rotatable bonds is 3. The Morgan fingerprint density at radius 3 is 2.37 bits per heavy atom. The fraction of sp³-hybridized carbons (Fsp3) is 0.320. The van der Waals surface area contributed by atoms with E-state index < -0.39 is 0 Å². The van der Waals surface area contributed by atoms with E-state index in [1.54, 1.807) is 30.7 Å². The van der Waals surface area contributed by atoms with Gasteiger partial charge in [-0.05, 0) is 48.9 Å². The topological polar surface area (TPSA) is 80.0 Å². The van der Waals surface area contributed by atoms with Crippen molar-refractivity contribution in [2.75, 3.05) is 31.1 Å². The summed E-state index contributed by atoms with van der Waals surface area (Å²) in [5.41, 5.74) is 3.74. The molecule has 2 atom stereocenters. The maximum atomic E-state index is 13.7. The molecular weight excluding hydrogens is 485 g/mol. The molecule has 2 bridgehead atoms. The Balaban J connectivity index is 1.23. The summed E-state index contributed by atoms with van der Waals surface area (Å²) in [6.07, 6.45) is 6.14. The van der Waals surface area contributed by atoms with E-state index in [1.165, 1.54) is 4.80 Å². The summed E-state index contributed by atoms with van der Waals surface area (Å²) < 4.78 is 0. The summed E-state index contributed by atoms with van der Waals surface area (Å²) in [5.74, 6) is 1.58. The van der Waals surface area contributed by atoms with E-state index in [2.05, 4.69) is 20.1 Å².